The number of aromatic nitrogens is 2. The molecule has 0 aromatic carbocycles. The quantitative estimate of drug-likeness (QED) is 0.926. The Morgan fingerprint density at radius 3 is 2.64 bits per heavy atom. The van der Waals surface area contributed by atoms with Crippen molar-refractivity contribution in [2.45, 2.75) is 13.8 Å². The first-order valence-electron chi connectivity index (χ1n) is 7.07. The zero-order valence-electron chi connectivity index (χ0n) is 12.5. The topological polar surface area (TPSA) is 88.7 Å². The number of nitrogens with zero attached hydrogens (tertiary/aromatic N) is 3. The summed E-state index contributed by atoms with van der Waals surface area (Å²) < 4.78 is 10.4. The fourth-order valence-electron chi connectivity index (χ4n) is 2.67. The van der Waals surface area contributed by atoms with E-state index >= 15 is 0 Å². The predicted octanol–water partition coefficient (Wildman–Crippen LogP) is 1.89. The van der Waals surface area contributed by atoms with Gasteiger partial charge in [0, 0.05) is 30.4 Å². The minimum absolute atomic E-state index is 0.180. The Hall–Kier alpha value is -2.41. The van der Waals surface area contributed by atoms with Crippen molar-refractivity contribution >= 4 is 11.8 Å². The molecule has 7 nitrogen and oxygen atoms in total. The van der Waals surface area contributed by atoms with Crippen molar-refractivity contribution < 1.29 is 19.2 Å². The lowest BCUT2D eigenvalue weighted by Crippen LogP contribution is -2.37. The summed E-state index contributed by atoms with van der Waals surface area (Å²) in [6, 6.07) is 1.63. The van der Waals surface area contributed by atoms with Crippen LogP contribution < -0.4 is 4.90 Å². The molecule has 22 heavy (non-hydrogen) atoms. The van der Waals surface area contributed by atoms with Crippen LogP contribution in [-0.4, -0.2) is 47.5 Å². The van der Waals surface area contributed by atoms with Crippen molar-refractivity contribution in [3.63, 3.8) is 0 Å². The van der Waals surface area contributed by atoms with Gasteiger partial charge in [-0.15, -0.1) is 0 Å². The highest BCUT2D eigenvalue weighted by Gasteiger charge is 2.22. The molecule has 7 heteroatoms. The normalized spacial score (nSPS) is 15.1. The number of hydrogen-bond donors (Lipinski definition) is 1. The van der Waals surface area contributed by atoms with Crippen molar-refractivity contribution in [1.82, 2.24) is 10.1 Å². The van der Waals surface area contributed by atoms with Crippen molar-refractivity contribution in [2.75, 3.05) is 31.2 Å². The second-order valence-electron chi connectivity index (χ2n) is 5.20. The van der Waals surface area contributed by atoms with Crippen molar-refractivity contribution in [1.29, 1.82) is 0 Å². The maximum absolute atomic E-state index is 11.6. The van der Waals surface area contributed by atoms with Crippen molar-refractivity contribution in [3.05, 3.63) is 29.3 Å². The Morgan fingerprint density at radius 1 is 1.32 bits per heavy atom. The Labute approximate surface area is 127 Å². The monoisotopic (exact) mass is 303 g/mol. The molecule has 0 spiro atoms. The van der Waals surface area contributed by atoms with Crippen LogP contribution in [0, 0.1) is 13.8 Å². The van der Waals surface area contributed by atoms with Gasteiger partial charge >= 0.3 is 5.97 Å². The Kier molecular flexibility index (Phi) is 3.81. The molecule has 0 amide bonds. The number of carboxylic acid groups (broad SMARTS) is 1. The molecule has 1 N–H and O–H groups in total. The summed E-state index contributed by atoms with van der Waals surface area (Å²) in [5.41, 5.74) is 2.39. The summed E-state index contributed by atoms with van der Waals surface area (Å²) in [6.45, 7) is 6.04. The smallest absolute Gasteiger partial charge is 0.339 e. The number of hydrogen-bond acceptors (Lipinski definition) is 6. The molecule has 1 fully saturated rings. The van der Waals surface area contributed by atoms with Crippen LogP contribution in [0.1, 0.15) is 21.8 Å². The van der Waals surface area contributed by atoms with E-state index in [1.807, 2.05) is 11.8 Å². The van der Waals surface area contributed by atoms with Gasteiger partial charge in [0.15, 0.2) is 0 Å². The van der Waals surface area contributed by atoms with Gasteiger partial charge in [0.1, 0.15) is 17.1 Å². The van der Waals surface area contributed by atoms with Gasteiger partial charge in [0.2, 0.25) is 0 Å². The number of morpholine rings is 1. The second kappa shape index (κ2) is 5.76. The first kappa shape index (κ1) is 14.5. The number of ether oxygens (including phenoxy) is 1. The molecule has 0 unspecified atom stereocenters. The van der Waals surface area contributed by atoms with Gasteiger partial charge in [-0.1, -0.05) is 5.16 Å². The summed E-state index contributed by atoms with van der Waals surface area (Å²) in [5.74, 6) is 0.128. The van der Waals surface area contributed by atoms with Gasteiger partial charge in [0.25, 0.3) is 0 Å². The van der Waals surface area contributed by atoms with E-state index in [1.165, 1.54) is 0 Å². The summed E-state index contributed by atoms with van der Waals surface area (Å²) >= 11 is 0. The lowest BCUT2D eigenvalue weighted by Gasteiger charge is -2.28. The number of carbonyl (C=O) groups is 1. The third kappa shape index (κ3) is 2.55. The molecule has 2 aromatic heterocycles. The standard InChI is InChI=1S/C15H17N3O4/c1-9-13(10(2)22-17-9)11-7-12(15(19)20)14(16-8-11)18-3-5-21-6-4-18/h7-8H,3-6H2,1-2H3,(H,19,20). The molecule has 0 saturated carbocycles. The van der Waals surface area contributed by atoms with Crippen LogP contribution in [0.3, 0.4) is 0 Å². The molecule has 3 heterocycles. The molecule has 2 aromatic rings. The average Bonchev–Trinajstić information content (AvgIpc) is 2.86. The van der Waals surface area contributed by atoms with Gasteiger partial charge in [0.05, 0.1) is 18.9 Å². The van der Waals surface area contributed by atoms with E-state index in [0.29, 0.717) is 43.4 Å². The maximum atomic E-state index is 11.6. The molecule has 1 aliphatic rings. The molecular weight excluding hydrogens is 286 g/mol. The Bertz CT molecular complexity index is 685. The maximum Gasteiger partial charge on any atom is 0.339 e. The number of carboxylic acids is 1. The van der Waals surface area contributed by atoms with Crippen LogP contribution in [0.15, 0.2) is 16.8 Å². The summed E-state index contributed by atoms with van der Waals surface area (Å²) in [4.78, 5) is 17.9. The van der Waals surface area contributed by atoms with Crippen LogP contribution >= 0.6 is 0 Å². The zero-order chi connectivity index (χ0) is 15.7. The Morgan fingerprint density at radius 2 is 2.05 bits per heavy atom. The van der Waals surface area contributed by atoms with E-state index in [0.717, 1.165) is 11.3 Å². The Balaban J connectivity index is 2.05. The number of pyridine rings is 1. The molecule has 0 bridgehead atoms. The van der Waals surface area contributed by atoms with E-state index in [-0.39, 0.29) is 5.56 Å². The van der Waals surface area contributed by atoms with E-state index in [4.69, 9.17) is 9.26 Å². The molecule has 1 aliphatic heterocycles. The van der Waals surface area contributed by atoms with Crippen molar-refractivity contribution in [2.24, 2.45) is 0 Å². The highest BCUT2D eigenvalue weighted by molar-refractivity contribution is 5.95. The second-order valence-corrected chi connectivity index (χ2v) is 5.20. The van der Waals surface area contributed by atoms with Crippen molar-refractivity contribution in [3.8, 4) is 11.1 Å². The van der Waals surface area contributed by atoms with Crippen LogP contribution in [0.4, 0.5) is 5.82 Å². The van der Waals surface area contributed by atoms with E-state index < -0.39 is 5.97 Å². The fourth-order valence-corrected chi connectivity index (χ4v) is 2.67. The number of aromatic carboxylic acids is 1. The SMILES string of the molecule is Cc1noc(C)c1-c1cnc(N2CCOCC2)c(C(=O)O)c1. The molecule has 0 atom stereocenters. The lowest BCUT2D eigenvalue weighted by atomic mass is 10.0. The first-order valence-corrected chi connectivity index (χ1v) is 7.07. The highest BCUT2D eigenvalue weighted by Crippen LogP contribution is 2.30. The minimum Gasteiger partial charge on any atom is -0.478 e. The van der Waals surface area contributed by atoms with Gasteiger partial charge in [-0.25, -0.2) is 9.78 Å². The van der Waals surface area contributed by atoms with Crippen LogP contribution in [0.5, 0.6) is 0 Å². The summed E-state index contributed by atoms with van der Waals surface area (Å²) in [5, 5.41) is 13.4. The largest absolute Gasteiger partial charge is 0.478 e. The van der Waals surface area contributed by atoms with Gasteiger partial charge < -0.3 is 19.3 Å². The van der Waals surface area contributed by atoms with E-state index in [2.05, 4.69) is 10.1 Å². The summed E-state index contributed by atoms with van der Waals surface area (Å²) in [6.07, 6.45) is 1.67. The molecular formula is C15H17N3O4. The van der Waals surface area contributed by atoms with Crippen LogP contribution in [-0.2, 0) is 4.74 Å². The molecule has 3 rings (SSSR count). The van der Waals surface area contributed by atoms with Crippen LogP contribution in [0.25, 0.3) is 11.1 Å². The summed E-state index contributed by atoms with van der Waals surface area (Å²) in [7, 11) is 0. The van der Waals surface area contributed by atoms with E-state index in [1.54, 1.807) is 19.2 Å². The molecule has 0 radical (unpaired) electrons. The third-order valence-electron chi connectivity index (χ3n) is 3.73. The van der Waals surface area contributed by atoms with Gasteiger partial charge in [-0.3, -0.25) is 0 Å². The van der Waals surface area contributed by atoms with E-state index in [9.17, 15) is 9.90 Å². The van der Waals surface area contributed by atoms with Gasteiger partial charge in [-0.05, 0) is 19.9 Å². The number of aryl methyl sites for hydroxylation is 2. The minimum atomic E-state index is -0.998. The number of anilines is 1. The first-order chi connectivity index (χ1) is 10.6. The molecule has 0 aliphatic carbocycles. The lowest BCUT2D eigenvalue weighted by molar-refractivity contribution is 0.0696. The molecule has 116 valence electrons. The number of rotatable bonds is 3. The fraction of sp³-hybridized carbons (Fsp3) is 0.400. The predicted molar refractivity (Wildman–Crippen MR) is 79.2 cm³/mol. The zero-order valence-corrected chi connectivity index (χ0v) is 12.5. The third-order valence-corrected chi connectivity index (χ3v) is 3.73. The molecule has 1 saturated heterocycles. The highest BCUT2D eigenvalue weighted by atomic mass is 16.5. The van der Waals surface area contributed by atoms with Crippen LogP contribution in [0.2, 0.25) is 0 Å². The average molecular weight is 303 g/mol. The van der Waals surface area contributed by atoms with Gasteiger partial charge in [-0.2, -0.15) is 0 Å².